The van der Waals surface area contributed by atoms with Gasteiger partial charge in [-0.15, -0.1) is 0 Å². The van der Waals surface area contributed by atoms with E-state index in [1.807, 2.05) is 0 Å². The third-order valence-corrected chi connectivity index (χ3v) is 4.80. The number of rotatable bonds is 3. The molecule has 0 radical (unpaired) electrons. The monoisotopic (exact) mass is 271 g/mol. The molecule has 2 heterocycles. The summed E-state index contributed by atoms with van der Waals surface area (Å²) in [6, 6.07) is 7.51. The van der Waals surface area contributed by atoms with Crippen molar-refractivity contribution in [2.75, 3.05) is 31.1 Å². The van der Waals surface area contributed by atoms with Crippen LogP contribution in [0, 0.1) is 0 Å². The molecule has 0 amide bonds. The fourth-order valence-corrected chi connectivity index (χ4v) is 3.19. The van der Waals surface area contributed by atoms with Gasteiger partial charge in [-0.25, -0.2) is 0 Å². The van der Waals surface area contributed by atoms with Crippen LogP contribution in [0.2, 0.25) is 0 Å². The van der Waals surface area contributed by atoms with E-state index in [9.17, 15) is 0 Å². The maximum Gasteiger partial charge on any atom is 0.0408 e. The van der Waals surface area contributed by atoms with Crippen LogP contribution in [0.15, 0.2) is 24.8 Å². The van der Waals surface area contributed by atoms with Gasteiger partial charge in [-0.3, -0.25) is 4.90 Å². The Kier molecular flexibility index (Phi) is 3.70. The molecule has 1 saturated heterocycles. The van der Waals surface area contributed by atoms with E-state index < -0.39 is 0 Å². The molecule has 0 aliphatic carbocycles. The summed E-state index contributed by atoms with van der Waals surface area (Å²) in [6.07, 6.45) is 1.24. The Morgan fingerprint density at radius 2 is 2.00 bits per heavy atom. The first-order valence-electron chi connectivity index (χ1n) is 7.74. The Hall–Kier alpha value is -1.48. The van der Waals surface area contributed by atoms with Gasteiger partial charge in [-0.05, 0) is 31.0 Å². The summed E-state index contributed by atoms with van der Waals surface area (Å²) < 4.78 is 0. The highest BCUT2D eigenvalue weighted by Gasteiger charge is 2.21. The largest absolute Gasteiger partial charge is 0.381 e. The molecule has 1 unspecified atom stereocenters. The summed E-state index contributed by atoms with van der Waals surface area (Å²) in [5, 5.41) is 3.32. The molecule has 3 heteroatoms. The lowest BCUT2D eigenvalue weighted by molar-refractivity contribution is 0.193. The predicted octanol–water partition coefficient (Wildman–Crippen LogP) is 2.68. The van der Waals surface area contributed by atoms with Gasteiger partial charge in [0.05, 0.1) is 0 Å². The zero-order valence-corrected chi connectivity index (χ0v) is 12.7. The zero-order chi connectivity index (χ0) is 14.1. The van der Waals surface area contributed by atoms with E-state index >= 15 is 0 Å². The van der Waals surface area contributed by atoms with Gasteiger partial charge in [0, 0.05) is 55.7 Å². The molecule has 0 saturated carbocycles. The Morgan fingerprint density at radius 3 is 2.70 bits per heavy atom. The predicted molar refractivity (Wildman–Crippen MR) is 85.9 cm³/mol. The van der Waals surface area contributed by atoms with Crippen LogP contribution in [-0.2, 0) is 6.54 Å². The second-order valence-corrected chi connectivity index (χ2v) is 5.95. The molecule has 1 fully saturated rings. The van der Waals surface area contributed by atoms with Gasteiger partial charge in [0.25, 0.3) is 0 Å². The van der Waals surface area contributed by atoms with Crippen molar-refractivity contribution in [3.05, 3.63) is 35.9 Å². The van der Waals surface area contributed by atoms with Crippen molar-refractivity contribution in [1.82, 2.24) is 10.2 Å². The van der Waals surface area contributed by atoms with Crippen LogP contribution in [0.3, 0.4) is 0 Å². The first-order chi connectivity index (χ1) is 9.69. The molecule has 2 aliphatic rings. The van der Waals surface area contributed by atoms with Crippen molar-refractivity contribution < 1.29 is 0 Å². The van der Waals surface area contributed by atoms with Gasteiger partial charge in [-0.2, -0.15) is 0 Å². The van der Waals surface area contributed by atoms with E-state index in [1.54, 1.807) is 0 Å². The van der Waals surface area contributed by atoms with E-state index in [0.717, 1.165) is 25.3 Å². The molecular weight excluding hydrogens is 246 g/mol. The summed E-state index contributed by atoms with van der Waals surface area (Å²) in [5.41, 5.74) is 5.10. The Morgan fingerprint density at radius 1 is 1.25 bits per heavy atom. The number of anilines is 1. The fourth-order valence-electron chi connectivity index (χ4n) is 3.19. The Balaban J connectivity index is 1.68. The van der Waals surface area contributed by atoms with Crippen molar-refractivity contribution in [3.63, 3.8) is 0 Å². The molecule has 3 rings (SSSR count). The van der Waals surface area contributed by atoms with Crippen LogP contribution < -0.4 is 10.2 Å². The summed E-state index contributed by atoms with van der Waals surface area (Å²) >= 11 is 0. The minimum Gasteiger partial charge on any atom is -0.381 e. The van der Waals surface area contributed by atoms with Crippen molar-refractivity contribution in [1.29, 1.82) is 0 Å². The van der Waals surface area contributed by atoms with Crippen molar-refractivity contribution in [3.8, 4) is 0 Å². The molecular formula is C17H25N3. The average Bonchev–Trinajstić information content (AvgIpc) is 2.87. The van der Waals surface area contributed by atoms with Gasteiger partial charge >= 0.3 is 0 Å². The van der Waals surface area contributed by atoms with Crippen LogP contribution in [0.4, 0.5) is 5.69 Å². The van der Waals surface area contributed by atoms with Crippen molar-refractivity contribution in [2.24, 2.45) is 0 Å². The van der Waals surface area contributed by atoms with E-state index in [4.69, 9.17) is 0 Å². The summed E-state index contributed by atoms with van der Waals surface area (Å²) in [6.45, 7) is 14.2. The molecule has 3 nitrogen and oxygen atoms in total. The summed E-state index contributed by atoms with van der Waals surface area (Å²) in [5.74, 6) is 0. The van der Waals surface area contributed by atoms with Crippen LogP contribution in [-0.4, -0.2) is 37.1 Å². The highest BCUT2D eigenvalue weighted by molar-refractivity contribution is 5.71. The normalized spacial score (nSPS) is 20.7. The first-order valence-corrected chi connectivity index (χ1v) is 7.74. The van der Waals surface area contributed by atoms with Gasteiger partial charge in [0.1, 0.15) is 0 Å². The second kappa shape index (κ2) is 5.49. The lowest BCUT2D eigenvalue weighted by Crippen LogP contribution is -2.49. The minimum atomic E-state index is 0.713. The van der Waals surface area contributed by atoms with E-state index in [0.29, 0.717) is 6.04 Å². The number of nitrogens with zero attached hydrogens (tertiary/aromatic N) is 2. The van der Waals surface area contributed by atoms with Crippen LogP contribution in [0.5, 0.6) is 0 Å². The minimum absolute atomic E-state index is 0.713. The van der Waals surface area contributed by atoms with Gasteiger partial charge < -0.3 is 10.2 Å². The lowest BCUT2D eigenvalue weighted by Gasteiger charge is -2.39. The number of fused-ring (bicyclic) bond motifs is 1. The van der Waals surface area contributed by atoms with E-state index in [-0.39, 0.29) is 0 Å². The SMILES string of the molecule is C=C1NCc2cc(N3CCN(C(C)CC)CC3)ccc21. The quantitative estimate of drug-likeness (QED) is 0.912. The van der Waals surface area contributed by atoms with Gasteiger partial charge in [0.15, 0.2) is 0 Å². The lowest BCUT2D eigenvalue weighted by atomic mass is 10.1. The summed E-state index contributed by atoms with van der Waals surface area (Å²) in [7, 11) is 0. The molecule has 0 bridgehead atoms. The average molecular weight is 271 g/mol. The molecule has 2 aliphatic heterocycles. The molecule has 1 aromatic carbocycles. The third kappa shape index (κ3) is 2.42. The Labute approximate surface area is 122 Å². The Bertz CT molecular complexity index is 501. The molecule has 0 aromatic heterocycles. The standard InChI is InChI=1S/C17H25N3/c1-4-13(2)19-7-9-20(10-8-19)16-5-6-17-14(3)18-12-15(17)11-16/h5-6,11,13,18H,3-4,7-10,12H2,1-2H3. The zero-order valence-electron chi connectivity index (χ0n) is 12.7. The van der Waals surface area contributed by atoms with E-state index in [2.05, 4.69) is 53.7 Å². The number of nitrogens with one attached hydrogen (secondary N) is 1. The van der Waals surface area contributed by atoms with Crippen LogP contribution in [0.1, 0.15) is 31.4 Å². The molecule has 1 N–H and O–H groups in total. The van der Waals surface area contributed by atoms with Crippen molar-refractivity contribution >= 4 is 11.4 Å². The molecule has 108 valence electrons. The smallest absolute Gasteiger partial charge is 0.0408 e. The number of piperazine rings is 1. The van der Waals surface area contributed by atoms with Gasteiger partial charge in [-0.1, -0.05) is 19.6 Å². The number of hydrogen-bond acceptors (Lipinski definition) is 3. The maximum absolute atomic E-state index is 4.05. The van der Waals surface area contributed by atoms with Crippen LogP contribution >= 0.6 is 0 Å². The second-order valence-electron chi connectivity index (χ2n) is 5.95. The van der Waals surface area contributed by atoms with E-state index in [1.165, 1.54) is 36.3 Å². The number of hydrogen-bond donors (Lipinski definition) is 1. The molecule has 0 spiro atoms. The topological polar surface area (TPSA) is 18.5 Å². The van der Waals surface area contributed by atoms with Crippen LogP contribution in [0.25, 0.3) is 5.70 Å². The molecule has 20 heavy (non-hydrogen) atoms. The highest BCUT2D eigenvalue weighted by atomic mass is 15.3. The third-order valence-electron chi connectivity index (χ3n) is 4.80. The highest BCUT2D eigenvalue weighted by Crippen LogP contribution is 2.28. The fraction of sp³-hybridized carbons (Fsp3) is 0.529. The molecule has 1 aromatic rings. The molecule has 1 atom stereocenters. The maximum atomic E-state index is 4.05. The number of benzene rings is 1. The first kappa shape index (κ1) is 13.5. The summed E-state index contributed by atoms with van der Waals surface area (Å²) in [4.78, 5) is 5.12. The van der Waals surface area contributed by atoms with Crippen molar-refractivity contribution in [2.45, 2.75) is 32.9 Å². The van der Waals surface area contributed by atoms with Gasteiger partial charge in [0.2, 0.25) is 0 Å².